The van der Waals surface area contributed by atoms with Gasteiger partial charge in [0.15, 0.2) is 11.5 Å². The Morgan fingerprint density at radius 1 is 0.460 bits per heavy atom. The second-order valence-electron chi connectivity index (χ2n) is 10.5. The van der Waals surface area contributed by atoms with Gasteiger partial charge >= 0.3 is 0 Å². The van der Waals surface area contributed by atoms with Crippen molar-refractivity contribution in [2.75, 3.05) is 0 Å². The van der Waals surface area contributed by atoms with Crippen LogP contribution in [0.25, 0.3) is 32.7 Å². The molecule has 0 aliphatic heterocycles. The Morgan fingerprint density at radius 2 is 0.760 bits per heavy atom. The zero-order valence-corrected chi connectivity index (χ0v) is 32.6. The maximum atomic E-state index is 12.1. The summed E-state index contributed by atoms with van der Waals surface area (Å²) in [4.78, 5) is -0.853. The first-order valence-corrected chi connectivity index (χ1v) is 19.9. The molecule has 18 heteroatoms. The lowest BCUT2D eigenvalue weighted by Gasteiger charge is -2.11. The Hall–Kier alpha value is -3.62. The van der Waals surface area contributed by atoms with E-state index in [9.17, 15) is 36.2 Å². The molecule has 4 N–H and O–H groups in total. The fraction of sp³-hybridized carbons (Fsp3) is 0. The van der Waals surface area contributed by atoms with Crippen molar-refractivity contribution >= 4 is 128 Å². The van der Waals surface area contributed by atoms with E-state index in [1.165, 1.54) is 24.3 Å². The second-order valence-corrected chi connectivity index (χ2v) is 16.7. The molecule has 0 aliphatic carbocycles. The first-order valence-electron chi connectivity index (χ1n) is 13.8. The summed E-state index contributed by atoms with van der Waals surface area (Å²) in [7, 11) is -9.29. The van der Waals surface area contributed by atoms with Crippen LogP contribution in [0.1, 0.15) is 0 Å². The molecule has 0 atom stereocenters. The number of benzene rings is 6. The van der Waals surface area contributed by atoms with Gasteiger partial charge in [-0.05, 0) is 111 Å². The number of azo groups is 2. The third-order valence-electron chi connectivity index (χ3n) is 7.35. The number of rotatable bonds is 7. The van der Waals surface area contributed by atoms with Crippen LogP contribution in [0, 0.1) is 0 Å². The lowest BCUT2D eigenvalue weighted by atomic mass is 10.1. The maximum Gasteiger partial charge on any atom is 0.295 e. The van der Waals surface area contributed by atoms with Crippen molar-refractivity contribution in [1.82, 2.24) is 0 Å². The van der Waals surface area contributed by atoms with Crippen LogP contribution in [0.2, 0.25) is 0 Å². The number of phenols is 2. The number of nitrogens with zero attached hydrogens (tertiary/aromatic N) is 4. The van der Waals surface area contributed by atoms with Crippen LogP contribution in [0.3, 0.4) is 0 Å². The van der Waals surface area contributed by atoms with Crippen molar-refractivity contribution in [3.8, 4) is 22.6 Å². The minimum atomic E-state index is -4.64. The van der Waals surface area contributed by atoms with Crippen molar-refractivity contribution < 1.29 is 36.2 Å². The zero-order chi connectivity index (χ0) is 36.1. The third-order valence-corrected chi connectivity index (χ3v) is 11.6. The third kappa shape index (κ3) is 7.11. The maximum absolute atomic E-state index is 12.1. The topological polar surface area (TPSA) is 199 Å². The van der Waals surface area contributed by atoms with E-state index in [1.54, 1.807) is 48.5 Å². The molecule has 0 fully saturated rings. The van der Waals surface area contributed by atoms with Gasteiger partial charge in [0.05, 0.1) is 0 Å². The Labute approximate surface area is 317 Å². The molecular weight excluding hydrogens is 952 g/mol. The average Bonchev–Trinajstić information content (AvgIpc) is 3.04. The van der Waals surface area contributed by atoms with Crippen molar-refractivity contribution in [2.24, 2.45) is 20.5 Å². The molecule has 50 heavy (non-hydrogen) atoms. The van der Waals surface area contributed by atoms with Crippen LogP contribution in [0.15, 0.2) is 133 Å². The highest BCUT2D eigenvalue weighted by Gasteiger charge is 2.21. The van der Waals surface area contributed by atoms with E-state index < -0.39 is 30.0 Å². The highest BCUT2D eigenvalue weighted by molar-refractivity contribution is 9.11. The van der Waals surface area contributed by atoms with Crippen LogP contribution in [-0.4, -0.2) is 36.2 Å². The summed E-state index contributed by atoms with van der Waals surface area (Å²) < 4.78 is 69.8. The molecule has 0 radical (unpaired) electrons. The van der Waals surface area contributed by atoms with Crippen molar-refractivity contribution in [1.29, 1.82) is 0 Å². The molecule has 0 heterocycles. The lowest BCUT2D eigenvalue weighted by molar-refractivity contribution is 0.477. The molecule has 0 bridgehead atoms. The summed E-state index contributed by atoms with van der Waals surface area (Å²) in [6, 6.07) is 21.3. The fourth-order valence-corrected chi connectivity index (χ4v) is 9.19. The molecule has 12 nitrogen and oxygen atoms in total. The average molecular weight is 970 g/mol. The highest BCUT2D eigenvalue weighted by Crippen LogP contribution is 2.46. The monoisotopic (exact) mass is 966 g/mol. The van der Waals surface area contributed by atoms with Gasteiger partial charge in [-0.15, -0.1) is 20.5 Å². The number of halogens is 4. The normalized spacial score (nSPS) is 12.5. The van der Waals surface area contributed by atoms with E-state index in [2.05, 4.69) is 84.2 Å². The van der Waals surface area contributed by atoms with E-state index in [4.69, 9.17) is 0 Å². The molecule has 0 aromatic heterocycles. The minimum Gasteiger partial charge on any atom is -0.505 e. The number of fused-ring (bicyclic) bond motifs is 2. The Morgan fingerprint density at radius 3 is 1.06 bits per heavy atom. The van der Waals surface area contributed by atoms with E-state index >= 15 is 0 Å². The van der Waals surface area contributed by atoms with E-state index in [0.717, 1.165) is 12.1 Å². The molecule has 0 saturated carbocycles. The van der Waals surface area contributed by atoms with Crippen LogP contribution in [0.4, 0.5) is 22.7 Å². The van der Waals surface area contributed by atoms with Crippen molar-refractivity contribution in [3.63, 3.8) is 0 Å². The second kappa shape index (κ2) is 13.8. The minimum absolute atomic E-state index is 0.126. The standard InChI is InChI=1S/C32H18Br4N4O8S2/c33-21-9-15(10-22(34)29(21)39-37-25-13-27(49(43,44)45)17-5-1-3-7-19(17)31(25)41)16-11-23(35)30(24(36)12-16)40-38-26-14-28(50(46,47)48)18-6-2-4-8-20(18)32(26)42/h1-14,41-42H,(H,43,44,45)(H,46,47,48)/b39-37+,40-38+. The predicted molar refractivity (Wildman–Crippen MR) is 202 cm³/mol. The van der Waals surface area contributed by atoms with Gasteiger partial charge < -0.3 is 10.2 Å². The van der Waals surface area contributed by atoms with Gasteiger partial charge in [0.2, 0.25) is 0 Å². The quantitative estimate of drug-likeness (QED) is 0.0894. The van der Waals surface area contributed by atoms with Gasteiger partial charge in [-0.3, -0.25) is 9.11 Å². The summed E-state index contributed by atoms with van der Waals surface area (Å²) in [5.41, 5.74) is 1.70. The lowest BCUT2D eigenvalue weighted by Crippen LogP contribution is -1.99. The summed E-state index contributed by atoms with van der Waals surface area (Å²) in [5.74, 6) is -0.635. The number of phenolic OH excluding ortho intramolecular Hbond substituents is 2. The molecule has 254 valence electrons. The Bertz CT molecular complexity index is 2460. The summed E-state index contributed by atoms with van der Waals surface area (Å²) in [6.07, 6.45) is 0. The first-order chi connectivity index (χ1) is 23.5. The summed E-state index contributed by atoms with van der Waals surface area (Å²) >= 11 is 14.0. The Balaban J connectivity index is 1.34. The van der Waals surface area contributed by atoms with Gasteiger partial charge in [-0.1, -0.05) is 48.5 Å². The van der Waals surface area contributed by atoms with Crippen LogP contribution >= 0.6 is 63.7 Å². The molecule has 6 aromatic rings. The number of hydrogen-bond acceptors (Lipinski definition) is 10. The predicted octanol–water partition coefficient (Wildman–Crippen LogP) is 11.4. The van der Waals surface area contributed by atoms with Crippen LogP contribution in [0.5, 0.6) is 11.5 Å². The summed E-state index contributed by atoms with van der Waals surface area (Å²) in [6.45, 7) is 0. The first kappa shape index (κ1) is 36.2. The molecular formula is C32H18Br4N4O8S2. The Kier molecular flexibility index (Phi) is 10.0. The van der Waals surface area contributed by atoms with E-state index in [1.807, 2.05) is 0 Å². The SMILES string of the molecule is O=S(=O)(O)c1cc(/N=N/c2c(Br)cc(-c3cc(Br)c(/N=N/c4cc(S(=O)(=O)O)c5ccccc5c4O)c(Br)c3)cc2Br)c(O)c2ccccc12. The van der Waals surface area contributed by atoms with E-state index in [-0.39, 0.29) is 44.4 Å². The molecule has 0 saturated heterocycles. The van der Waals surface area contributed by atoms with Crippen LogP contribution in [-0.2, 0) is 20.2 Å². The number of aromatic hydroxyl groups is 2. The smallest absolute Gasteiger partial charge is 0.295 e. The largest absolute Gasteiger partial charge is 0.505 e. The highest BCUT2D eigenvalue weighted by atomic mass is 79.9. The van der Waals surface area contributed by atoms with Gasteiger partial charge in [0, 0.05) is 39.4 Å². The molecule has 0 unspecified atom stereocenters. The van der Waals surface area contributed by atoms with Crippen LogP contribution < -0.4 is 0 Å². The fourth-order valence-electron chi connectivity index (χ4n) is 5.07. The molecule has 0 aliphatic rings. The summed E-state index contributed by atoms with van der Waals surface area (Å²) in [5, 5.41) is 38.8. The van der Waals surface area contributed by atoms with Gasteiger partial charge in [0.25, 0.3) is 20.2 Å². The molecule has 0 spiro atoms. The molecule has 6 aromatic carbocycles. The van der Waals surface area contributed by atoms with Gasteiger partial charge in [-0.25, -0.2) is 0 Å². The van der Waals surface area contributed by atoms with Gasteiger partial charge in [-0.2, -0.15) is 16.8 Å². The van der Waals surface area contributed by atoms with Crippen molar-refractivity contribution in [2.45, 2.75) is 9.79 Å². The molecule has 0 amide bonds. The zero-order valence-electron chi connectivity index (χ0n) is 24.6. The molecule has 6 rings (SSSR count). The van der Waals surface area contributed by atoms with E-state index in [0.29, 0.717) is 40.4 Å². The number of hydrogen-bond donors (Lipinski definition) is 4. The van der Waals surface area contributed by atoms with Gasteiger partial charge in [0.1, 0.15) is 32.5 Å². The van der Waals surface area contributed by atoms with Crippen molar-refractivity contribution in [3.05, 3.63) is 103 Å².